The van der Waals surface area contributed by atoms with Crippen LogP contribution in [-0.4, -0.2) is 33.6 Å². The van der Waals surface area contributed by atoms with Gasteiger partial charge in [-0.15, -0.1) is 0 Å². The Bertz CT molecular complexity index is 296. The van der Waals surface area contributed by atoms with Crippen molar-refractivity contribution in [1.29, 1.82) is 0 Å². The van der Waals surface area contributed by atoms with Gasteiger partial charge in [-0.1, -0.05) is 0 Å². The van der Waals surface area contributed by atoms with Crippen molar-refractivity contribution in [1.82, 2.24) is 14.8 Å². The van der Waals surface area contributed by atoms with E-state index >= 15 is 0 Å². The van der Waals surface area contributed by atoms with Crippen molar-refractivity contribution in [2.45, 2.75) is 44.2 Å². The predicted octanol–water partition coefficient (Wildman–Crippen LogP) is -0.285. The smallest absolute Gasteiger partial charge is 0.277 e. The molecule has 2 fully saturated rings. The zero-order valence-electron chi connectivity index (χ0n) is 8.83. The second-order valence-electron chi connectivity index (χ2n) is 4.37. The van der Waals surface area contributed by atoms with Crippen molar-refractivity contribution in [3.05, 3.63) is 0 Å². The molecule has 0 amide bonds. The molecule has 0 aromatic heterocycles. The van der Waals surface area contributed by atoms with Crippen LogP contribution in [0.5, 0.6) is 0 Å². The van der Waals surface area contributed by atoms with E-state index in [2.05, 4.69) is 14.8 Å². The lowest BCUT2D eigenvalue weighted by molar-refractivity contribution is 0.559. The van der Waals surface area contributed by atoms with Crippen molar-refractivity contribution >= 4 is 10.2 Å². The molecule has 5 nitrogen and oxygen atoms in total. The minimum absolute atomic E-state index is 0.187. The number of nitrogens with one attached hydrogen (secondary N) is 3. The summed E-state index contributed by atoms with van der Waals surface area (Å²) in [6.07, 6.45) is 5.35. The van der Waals surface area contributed by atoms with Gasteiger partial charge in [0.05, 0.1) is 0 Å². The monoisotopic (exact) mass is 233 g/mol. The first-order valence-electron chi connectivity index (χ1n) is 5.66. The maximum atomic E-state index is 11.3. The van der Waals surface area contributed by atoms with E-state index < -0.39 is 10.2 Å². The third kappa shape index (κ3) is 4.92. The van der Waals surface area contributed by atoms with E-state index in [0.717, 1.165) is 25.8 Å². The maximum absolute atomic E-state index is 11.3. The molecule has 2 aliphatic rings. The lowest BCUT2D eigenvalue weighted by atomic mass is 10.4. The van der Waals surface area contributed by atoms with Crippen LogP contribution in [0.1, 0.15) is 32.1 Å². The van der Waals surface area contributed by atoms with Crippen LogP contribution < -0.4 is 14.8 Å². The van der Waals surface area contributed by atoms with Crippen molar-refractivity contribution in [3.63, 3.8) is 0 Å². The Hall–Kier alpha value is -0.170. The van der Waals surface area contributed by atoms with Gasteiger partial charge in [0.25, 0.3) is 10.2 Å². The lowest BCUT2D eigenvalue weighted by Gasteiger charge is -2.07. The van der Waals surface area contributed by atoms with Crippen LogP contribution in [0.15, 0.2) is 0 Å². The molecular weight excluding hydrogens is 214 g/mol. The van der Waals surface area contributed by atoms with Crippen LogP contribution in [0.3, 0.4) is 0 Å². The van der Waals surface area contributed by atoms with Gasteiger partial charge < -0.3 is 5.32 Å². The van der Waals surface area contributed by atoms with Crippen molar-refractivity contribution in [2.24, 2.45) is 0 Å². The summed E-state index contributed by atoms with van der Waals surface area (Å²) < 4.78 is 27.8. The highest BCUT2D eigenvalue weighted by Crippen LogP contribution is 2.19. The summed E-state index contributed by atoms with van der Waals surface area (Å²) >= 11 is 0. The molecule has 0 spiro atoms. The molecule has 0 radical (unpaired) electrons. The fourth-order valence-electron chi connectivity index (χ4n) is 1.35. The largest absolute Gasteiger partial charge is 0.314 e. The molecule has 0 atom stereocenters. The van der Waals surface area contributed by atoms with Gasteiger partial charge in [-0.25, -0.2) is 4.72 Å². The molecular formula is C9H19N3O2S. The Balaban J connectivity index is 1.51. The highest BCUT2D eigenvalue weighted by atomic mass is 32.2. The van der Waals surface area contributed by atoms with Crippen molar-refractivity contribution in [2.75, 3.05) is 13.1 Å². The van der Waals surface area contributed by atoms with Gasteiger partial charge >= 0.3 is 0 Å². The fourth-order valence-corrected chi connectivity index (χ4v) is 2.52. The SMILES string of the molecule is O=S(=O)(NCCCNC1CC1)NC1CC1. The molecule has 2 saturated carbocycles. The Morgan fingerprint density at radius 3 is 2.27 bits per heavy atom. The molecule has 15 heavy (non-hydrogen) atoms. The molecule has 0 saturated heterocycles. The van der Waals surface area contributed by atoms with Crippen LogP contribution in [0.4, 0.5) is 0 Å². The van der Waals surface area contributed by atoms with Crippen molar-refractivity contribution < 1.29 is 8.42 Å². The van der Waals surface area contributed by atoms with Crippen molar-refractivity contribution in [3.8, 4) is 0 Å². The zero-order valence-corrected chi connectivity index (χ0v) is 9.65. The molecule has 3 N–H and O–H groups in total. The first kappa shape index (κ1) is 11.3. The molecule has 0 heterocycles. The normalized spacial score (nSPS) is 21.9. The molecule has 0 aromatic carbocycles. The molecule has 2 aliphatic carbocycles. The number of rotatable bonds is 8. The van der Waals surface area contributed by atoms with Crippen LogP contribution in [-0.2, 0) is 10.2 Å². The minimum Gasteiger partial charge on any atom is -0.314 e. The lowest BCUT2D eigenvalue weighted by Crippen LogP contribution is -2.38. The van der Waals surface area contributed by atoms with E-state index in [1.807, 2.05) is 0 Å². The average molecular weight is 233 g/mol. The molecule has 0 aliphatic heterocycles. The fraction of sp³-hybridized carbons (Fsp3) is 1.00. The number of hydrogen-bond donors (Lipinski definition) is 3. The molecule has 0 aromatic rings. The summed E-state index contributed by atoms with van der Waals surface area (Å²) in [5, 5.41) is 3.34. The first-order valence-corrected chi connectivity index (χ1v) is 7.14. The molecule has 0 bridgehead atoms. The topological polar surface area (TPSA) is 70.2 Å². The van der Waals surface area contributed by atoms with Crippen LogP contribution >= 0.6 is 0 Å². The van der Waals surface area contributed by atoms with Crippen LogP contribution in [0.25, 0.3) is 0 Å². The summed E-state index contributed by atoms with van der Waals surface area (Å²) in [5.41, 5.74) is 0. The minimum atomic E-state index is -3.23. The Labute approximate surface area is 91.2 Å². The van der Waals surface area contributed by atoms with Crippen LogP contribution in [0.2, 0.25) is 0 Å². The third-order valence-corrected chi connectivity index (χ3v) is 3.78. The van der Waals surface area contributed by atoms with Gasteiger partial charge in [0.15, 0.2) is 0 Å². The van der Waals surface area contributed by atoms with E-state index in [4.69, 9.17) is 0 Å². The summed E-state index contributed by atoms with van der Waals surface area (Å²) in [7, 11) is -3.23. The predicted molar refractivity (Wildman–Crippen MR) is 58.7 cm³/mol. The molecule has 0 unspecified atom stereocenters. The summed E-state index contributed by atoms with van der Waals surface area (Å²) in [4.78, 5) is 0. The highest BCUT2D eigenvalue weighted by Gasteiger charge is 2.26. The standard InChI is InChI=1S/C9H19N3O2S/c13-15(14,12-9-4-5-9)11-7-1-6-10-8-2-3-8/h8-12H,1-7H2. The Kier molecular flexibility index (Phi) is 3.60. The van der Waals surface area contributed by atoms with Crippen LogP contribution in [0, 0.1) is 0 Å². The van der Waals surface area contributed by atoms with Gasteiger partial charge in [-0.05, 0) is 38.6 Å². The van der Waals surface area contributed by atoms with E-state index in [1.165, 1.54) is 12.8 Å². The Morgan fingerprint density at radius 2 is 1.67 bits per heavy atom. The first-order chi connectivity index (χ1) is 7.16. The number of hydrogen-bond acceptors (Lipinski definition) is 3. The van der Waals surface area contributed by atoms with E-state index in [9.17, 15) is 8.42 Å². The molecule has 2 rings (SSSR count). The quantitative estimate of drug-likeness (QED) is 0.505. The van der Waals surface area contributed by atoms with Gasteiger partial charge in [-0.3, -0.25) is 0 Å². The molecule has 6 heteroatoms. The summed E-state index contributed by atoms with van der Waals surface area (Å²) in [6.45, 7) is 1.42. The second-order valence-corrected chi connectivity index (χ2v) is 5.90. The molecule has 88 valence electrons. The van der Waals surface area contributed by atoms with Gasteiger partial charge in [0, 0.05) is 18.6 Å². The van der Waals surface area contributed by atoms with E-state index in [0.29, 0.717) is 12.6 Å². The van der Waals surface area contributed by atoms with Gasteiger partial charge in [0.2, 0.25) is 0 Å². The third-order valence-electron chi connectivity index (χ3n) is 2.56. The van der Waals surface area contributed by atoms with Gasteiger partial charge in [-0.2, -0.15) is 13.1 Å². The van der Waals surface area contributed by atoms with E-state index in [1.54, 1.807) is 0 Å². The average Bonchev–Trinajstić information content (AvgIpc) is 2.96. The summed E-state index contributed by atoms with van der Waals surface area (Å²) in [5.74, 6) is 0. The highest BCUT2D eigenvalue weighted by molar-refractivity contribution is 7.87. The van der Waals surface area contributed by atoms with Gasteiger partial charge in [0.1, 0.15) is 0 Å². The Morgan fingerprint density at radius 1 is 1.00 bits per heavy atom. The second kappa shape index (κ2) is 4.78. The van der Waals surface area contributed by atoms with E-state index in [-0.39, 0.29) is 6.04 Å². The zero-order chi connectivity index (χ0) is 10.7. The summed E-state index contributed by atoms with van der Waals surface area (Å²) in [6, 6.07) is 0.887. The maximum Gasteiger partial charge on any atom is 0.277 e.